The van der Waals surface area contributed by atoms with Gasteiger partial charge in [0.15, 0.2) is 5.11 Å². The largest absolute Gasteiger partial charge is 0.481 e. The van der Waals surface area contributed by atoms with E-state index in [0.717, 1.165) is 5.01 Å². The van der Waals surface area contributed by atoms with E-state index in [0.29, 0.717) is 79.8 Å². The van der Waals surface area contributed by atoms with Crippen LogP contribution >= 0.6 is 35.2 Å². The van der Waals surface area contributed by atoms with E-state index < -0.39 is 29.1 Å². The first-order valence-electron chi connectivity index (χ1n) is 13.9. The van der Waals surface area contributed by atoms with E-state index in [2.05, 4.69) is 20.1 Å². The van der Waals surface area contributed by atoms with Crippen molar-refractivity contribution in [3.8, 4) is 0 Å². The number of aromatic nitrogens is 1. The number of aliphatic carboxylic acids is 1. The molecule has 13 heteroatoms. The van der Waals surface area contributed by atoms with Gasteiger partial charge in [0.25, 0.3) is 0 Å². The zero-order chi connectivity index (χ0) is 29.6. The highest BCUT2D eigenvalue weighted by Gasteiger charge is 2.53. The van der Waals surface area contributed by atoms with Crippen molar-refractivity contribution >= 4 is 57.9 Å². The topological polar surface area (TPSA) is 98.2 Å². The summed E-state index contributed by atoms with van der Waals surface area (Å²) in [6.07, 6.45) is 4.93. The molecule has 2 saturated heterocycles. The predicted octanol–water partition coefficient (Wildman–Crippen LogP) is 3.93. The van der Waals surface area contributed by atoms with Gasteiger partial charge in [0.2, 0.25) is 0 Å². The Labute approximate surface area is 257 Å². The minimum atomic E-state index is -0.754. The van der Waals surface area contributed by atoms with Crippen molar-refractivity contribution in [2.75, 3.05) is 45.9 Å². The van der Waals surface area contributed by atoms with Crippen LogP contribution in [0, 0.1) is 11.2 Å². The number of esters is 1. The molecule has 1 aliphatic carbocycles. The molecule has 2 atom stereocenters. The number of hydrogen-bond acceptors (Lipinski definition) is 8. The number of carboxylic acid groups (broad SMARTS) is 1. The maximum atomic E-state index is 14.6. The van der Waals surface area contributed by atoms with Crippen LogP contribution in [0.5, 0.6) is 0 Å². The molecule has 4 heterocycles. The van der Waals surface area contributed by atoms with Gasteiger partial charge in [0, 0.05) is 62.5 Å². The third kappa shape index (κ3) is 5.41. The van der Waals surface area contributed by atoms with Crippen LogP contribution in [0.25, 0.3) is 5.70 Å². The normalized spacial score (nSPS) is 23.4. The number of nitrogens with zero attached hydrogens (tertiary/aromatic N) is 4. The Morgan fingerprint density at radius 2 is 2.12 bits per heavy atom. The summed E-state index contributed by atoms with van der Waals surface area (Å²) < 4.78 is 20.1. The van der Waals surface area contributed by atoms with Crippen molar-refractivity contribution in [2.24, 2.45) is 5.41 Å². The van der Waals surface area contributed by atoms with E-state index in [9.17, 15) is 19.1 Å². The number of hydrogen-bond donors (Lipinski definition) is 2. The number of rotatable bonds is 9. The van der Waals surface area contributed by atoms with Crippen molar-refractivity contribution in [3.63, 3.8) is 0 Å². The Kier molecular flexibility index (Phi) is 7.99. The number of carboxylic acids is 1. The number of thiazole rings is 1. The molecule has 1 saturated carbocycles. The van der Waals surface area contributed by atoms with Gasteiger partial charge in [-0.1, -0.05) is 23.7 Å². The van der Waals surface area contributed by atoms with E-state index in [1.165, 1.54) is 17.4 Å². The second-order valence-electron chi connectivity index (χ2n) is 11.1. The molecule has 9 nitrogen and oxygen atoms in total. The standard InChI is InChI=1S/C29H31ClFN5O4S2/c1-2-40-26(37)23-19(18-4-3-5-20(31)24(18)30)12-21(25-32-8-11-42-25)33-22(23)15-34-9-10-36-17(13-34)14-35(28(36)41)16-29(6-7-29)27(38)39/h3-5,8,11-12,17,19,33H,2,6-7,9-10,13-16H2,1H3,(H,38,39)/t17?,19-/m0/s1. The highest BCUT2D eigenvalue weighted by molar-refractivity contribution is 7.80. The third-order valence-electron chi connectivity index (χ3n) is 8.43. The first-order chi connectivity index (χ1) is 20.2. The number of thiocarbonyl (C=S) groups is 1. The summed E-state index contributed by atoms with van der Waals surface area (Å²) in [4.78, 5) is 36.2. The smallest absolute Gasteiger partial charge is 0.336 e. The van der Waals surface area contributed by atoms with E-state index >= 15 is 0 Å². The van der Waals surface area contributed by atoms with Gasteiger partial charge in [-0.2, -0.15) is 0 Å². The van der Waals surface area contributed by atoms with Gasteiger partial charge in [-0.25, -0.2) is 14.2 Å². The van der Waals surface area contributed by atoms with Crippen LogP contribution in [0.15, 0.2) is 47.1 Å². The first kappa shape index (κ1) is 29.0. The summed E-state index contributed by atoms with van der Waals surface area (Å²) >= 11 is 13.7. The molecule has 222 valence electrons. The molecule has 3 aliphatic heterocycles. The molecule has 4 aliphatic rings. The summed E-state index contributed by atoms with van der Waals surface area (Å²) in [7, 11) is 0. The maximum absolute atomic E-state index is 14.6. The lowest BCUT2D eigenvalue weighted by atomic mass is 9.86. The number of allylic oxidation sites excluding steroid dienone is 1. The van der Waals surface area contributed by atoms with E-state index in [-0.39, 0.29) is 17.7 Å². The van der Waals surface area contributed by atoms with Gasteiger partial charge in [-0.15, -0.1) is 11.3 Å². The Hall–Kier alpha value is -3.06. The van der Waals surface area contributed by atoms with Crippen molar-refractivity contribution in [1.82, 2.24) is 25.0 Å². The van der Waals surface area contributed by atoms with Gasteiger partial charge < -0.3 is 25.0 Å². The SMILES string of the molecule is CCOC(=O)C1=C(CN2CCN3C(=S)N(CC4(C(=O)O)CC4)CC3C2)NC(c2nccs2)=C[C@H]1c1cccc(F)c1Cl. The molecule has 0 spiro atoms. The summed E-state index contributed by atoms with van der Waals surface area (Å²) in [5.74, 6) is -2.45. The molecule has 1 aromatic heterocycles. The van der Waals surface area contributed by atoms with Crippen LogP contribution in [0.3, 0.4) is 0 Å². The number of carbonyl (C=O) groups is 2. The molecule has 2 N–H and O–H groups in total. The fourth-order valence-corrected chi connectivity index (χ4v) is 7.32. The van der Waals surface area contributed by atoms with E-state index in [1.54, 1.807) is 25.3 Å². The van der Waals surface area contributed by atoms with Crippen molar-refractivity contribution < 1.29 is 23.8 Å². The monoisotopic (exact) mass is 631 g/mol. The Balaban J connectivity index is 1.29. The van der Waals surface area contributed by atoms with Crippen molar-refractivity contribution in [2.45, 2.75) is 31.7 Å². The lowest BCUT2D eigenvalue weighted by Gasteiger charge is -2.39. The molecule has 0 bridgehead atoms. The molecule has 1 unspecified atom stereocenters. The number of carbonyl (C=O) groups excluding carboxylic acids is 1. The lowest BCUT2D eigenvalue weighted by Crippen LogP contribution is -2.53. The Bertz CT molecular complexity index is 1480. The average Bonchev–Trinajstić information content (AvgIpc) is 3.41. The Morgan fingerprint density at radius 1 is 1.31 bits per heavy atom. The highest BCUT2D eigenvalue weighted by atomic mass is 35.5. The van der Waals surface area contributed by atoms with Crippen molar-refractivity contribution in [1.29, 1.82) is 0 Å². The van der Waals surface area contributed by atoms with Crippen LogP contribution < -0.4 is 5.32 Å². The van der Waals surface area contributed by atoms with E-state index in [1.807, 2.05) is 16.4 Å². The van der Waals surface area contributed by atoms with Crippen LogP contribution in [0.2, 0.25) is 5.02 Å². The fraction of sp³-hybridized carbons (Fsp3) is 0.448. The van der Waals surface area contributed by atoms with Gasteiger partial charge in [0.1, 0.15) is 10.8 Å². The van der Waals surface area contributed by atoms with Gasteiger partial charge in [-0.3, -0.25) is 9.69 Å². The van der Waals surface area contributed by atoms with Gasteiger partial charge in [-0.05, 0) is 49.7 Å². The number of nitrogens with one attached hydrogen (secondary N) is 1. The molecule has 42 heavy (non-hydrogen) atoms. The maximum Gasteiger partial charge on any atom is 0.336 e. The number of ether oxygens (including phenoxy) is 1. The van der Waals surface area contributed by atoms with Gasteiger partial charge >= 0.3 is 11.9 Å². The molecule has 2 aromatic rings. The number of benzene rings is 1. The second-order valence-corrected chi connectivity index (χ2v) is 12.7. The van der Waals surface area contributed by atoms with Crippen LogP contribution in [0.4, 0.5) is 4.39 Å². The summed E-state index contributed by atoms with van der Waals surface area (Å²) in [5, 5.41) is 16.4. The van der Waals surface area contributed by atoms with Crippen molar-refractivity contribution in [3.05, 3.63) is 68.5 Å². The lowest BCUT2D eigenvalue weighted by molar-refractivity contribution is -0.143. The second kappa shape index (κ2) is 11.6. The third-order valence-corrected chi connectivity index (χ3v) is 10.1. The molecular weight excluding hydrogens is 601 g/mol. The average molecular weight is 632 g/mol. The number of dihydropyridines is 1. The first-order valence-corrected chi connectivity index (χ1v) is 15.6. The van der Waals surface area contributed by atoms with Crippen LogP contribution in [-0.2, 0) is 14.3 Å². The van der Waals surface area contributed by atoms with Gasteiger partial charge in [0.05, 0.1) is 34.4 Å². The molecular formula is C29H31ClFN5O4S2. The minimum Gasteiger partial charge on any atom is -0.481 e. The summed E-state index contributed by atoms with van der Waals surface area (Å²) in [5.41, 5.74) is 1.54. The zero-order valence-electron chi connectivity index (χ0n) is 23.0. The minimum absolute atomic E-state index is 0.0387. The number of halogens is 2. The molecule has 1 aromatic carbocycles. The van der Waals surface area contributed by atoms with Crippen LogP contribution in [0.1, 0.15) is 36.3 Å². The molecule has 0 radical (unpaired) electrons. The molecule has 3 fully saturated rings. The van der Waals surface area contributed by atoms with E-state index in [4.69, 9.17) is 28.6 Å². The number of fused-ring (bicyclic) bond motifs is 1. The quantitative estimate of drug-likeness (QED) is 0.313. The molecule has 6 rings (SSSR count). The summed E-state index contributed by atoms with van der Waals surface area (Å²) in [6.45, 7) is 5.51. The number of piperazine rings is 1. The summed E-state index contributed by atoms with van der Waals surface area (Å²) in [6, 6.07) is 4.71. The van der Waals surface area contributed by atoms with Crippen LogP contribution in [-0.4, -0.2) is 93.8 Å². The predicted molar refractivity (Wildman–Crippen MR) is 161 cm³/mol. The fourth-order valence-electron chi connectivity index (χ4n) is 6.08. The molecule has 0 amide bonds. The zero-order valence-corrected chi connectivity index (χ0v) is 25.4. The Morgan fingerprint density at radius 3 is 2.81 bits per heavy atom. The highest BCUT2D eigenvalue weighted by Crippen LogP contribution is 2.47.